The van der Waals surface area contributed by atoms with Gasteiger partial charge in [0.15, 0.2) is 0 Å². The molecule has 0 aliphatic rings. The zero-order valence-electron chi connectivity index (χ0n) is 9.72. The van der Waals surface area contributed by atoms with Gasteiger partial charge in [0.05, 0.1) is 5.56 Å². The fourth-order valence-electron chi connectivity index (χ4n) is 1.37. The Labute approximate surface area is 106 Å². The molecule has 0 unspecified atom stereocenters. The van der Waals surface area contributed by atoms with E-state index in [0.29, 0.717) is 19.0 Å². The van der Waals surface area contributed by atoms with Crippen LogP contribution < -0.4 is 10.6 Å². The van der Waals surface area contributed by atoms with Crippen molar-refractivity contribution in [2.24, 2.45) is 0 Å². The van der Waals surface area contributed by atoms with E-state index in [1.807, 2.05) is 0 Å². The van der Waals surface area contributed by atoms with Crippen LogP contribution in [0.25, 0.3) is 0 Å². The summed E-state index contributed by atoms with van der Waals surface area (Å²) in [5.41, 5.74) is -1.11. The minimum absolute atomic E-state index is 0.200. The first-order valence-corrected chi connectivity index (χ1v) is 5.38. The molecule has 0 saturated heterocycles. The van der Waals surface area contributed by atoms with Gasteiger partial charge in [0.25, 0.3) is 0 Å². The molecule has 1 aromatic rings. The lowest BCUT2D eigenvalue weighted by molar-refractivity contribution is -0.139. The maximum Gasteiger partial charge on any atom is 0.419 e. The SMILES string of the molecule is O=C(O)NCCCNc1ccc(C(F)(F)F)c(F)c1. The third-order valence-corrected chi connectivity index (χ3v) is 2.23. The molecule has 0 spiro atoms. The number of amides is 1. The standard InChI is InChI=1S/C11H12F4N2O2/c12-9-6-7(2-3-8(9)11(13,14)15)16-4-1-5-17-10(18)19/h2-3,6,16-17H,1,4-5H2,(H,18,19). The molecule has 4 nitrogen and oxygen atoms in total. The second-order valence-corrected chi connectivity index (χ2v) is 3.70. The number of halogens is 4. The van der Waals surface area contributed by atoms with Crippen molar-refractivity contribution in [1.82, 2.24) is 5.32 Å². The van der Waals surface area contributed by atoms with E-state index >= 15 is 0 Å². The maximum absolute atomic E-state index is 13.2. The molecule has 0 atom stereocenters. The molecule has 8 heteroatoms. The minimum atomic E-state index is -4.71. The van der Waals surface area contributed by atoms with Gasteiger partial charge in [0.2, 0.25) is 0 Å². The van der Waals surface area contributed by atoms with Gasteiger partial charge in [-0.25, -0.2) is 9.18 Å². The Bertz CT molecular complexity index is 449. The Morgan fingerprint density at radius 3 is 2.47 bits per heavy atom. The molecule has 1 aromatic carbocycles. The van der Waals surface area contributed by atoms with Crippen molar-refractivity contribution >= 4 is 11.8 Å². The van der Waals surface area contributed by atoms with Crippen LogP contribution in [-0.2, 0) is 6.18 Å². The van der Waals surface area contributed by atoms with E-state index in [4.69, 9.17) is 5.11 Å². The van der Waals surface area contributed by atoms with Crippen LogP contribution in [-0.4, -0.2) is 24.3 Å². The lowest BCUT2D eigenvalue weighted by Gasteiger charge is -2.10. The van der Waals surface area contributed by atoms with Gasteiger partial charge < -0.3 is 15.7 Å². The van der Waals surface area contributed by atoms with E-state index in [2.05, 4.69) is 10.6 Å². The summed E-state index contributed by atoms with van der Waals surface area (Å²) < 4.78 is 50.0. The second kappa shape index (κ2) is 6.26. The lowest BCUT2D eigenvalue weighted by Crippen LogP contribution is -2.23. The summed E-state index contributed by atoms with van der Waals surface area (Å²) in [5.74, 6) is -1.35. The zero-order chi connectivity index (χ0) is 14.5. The van der Waals surface area contributed by atoms with E-state index in [1.165, 1.54) is 0 Å². The van der Waals surface area contributed by atoms with E-state index < -0.39 is 23.7 Å². The molecular weight excluding hydrogens is 268 g/mol. The fraction of sp³-hybridized carbons (Fsp3) is 0.364. The molecule has 0 aliphatic heterocycles. The molecule has 19 heavy (non-hydrogen) atoms. The molecular formula is C11H12F4N2O2. The van der Waals surface area contributed by atoms with Gasteiger partial charge >= 0.3 is 12.3 Å². The van der Waals surface area contributed by atoms with Gasteiger partial charge in [0.1, 0.15) is 5.82 Å². The van der Waals surface area contributed by atoms with E-state index in [0.717, 1.165) is 12.1 Å². The normalized spacial score (nSPS) is 11.2. The van der Waals surface area contributed by atoms with Gasteiger partial charge in [-0.3, -0.25) is 0 Å². The van der Waals surface area contributed by atoms with Crippen molar-refractivity contribution in [2.45, 2.75) is 12.6 Å². The molecule has 0 radical (unpaired) electrons. The van der Waals surface area contributed by atoms with Crippen molar-refractivity contribution in [1.29, 1.82) is 0 Å². The highest BCUT2D eigenvalue weighted by atomic mass is 19.4. The molecule has 0 fully saturated rings. The summed E-state index contributed by atoms with van der Waals surface area (Å²) in [6, 6.07) is 2.54. The monoisotopic (exact) mass is 280 g/mol. The van der Waals surface area contributed by atoms with E-state index in [1.54, 1.807) is 0 Å². The number of nitrogens with one attached hydrogen (secondary N) is 2. The van der Waals surface area contributed by atoms with Crippen molar-refractivity contribution in [3.8, 4) is 0 Å². The topological polar surface area (TPSA) is 61.4 Å². The van der Waals surface area contributed by atoms with Crippen LogP contribution in [0.5, 0.6) is 0 Å². The number of carboxylic acid groups (broad SMARTS) is 1. The number of rotatable bonds is 5. The number of hydrogen-bond donors (Lipinski definition) is 3. The fourth-order valence-corrected chi connectivity index (χ4v) is 1.37. The Morgan fingerprint density at radius 1 is 1.26 bits per heavy atom. The van der Waals surface area contributed by atoms with E-state index in [9.17, 15) is 22.4 Å². The van der Waals surface area contributed by atoms with Crippen molar-refractivity contribution in [3.63, 3.8) is 0 Å². The molecule has 0 saturated carbocycles. The van der Waals surface area contributed by atoms with Crippen molar-refractivity contribution in [3.05, 3.63) is 29.6 Å². The Morgan fingerprint density at radius 2 is 1.95 bits per heavy atom. The number of carbonyl (C=O) groups is 1. The van der Waals surface area contributed by atoms with Crippen LogP contribution in [0.4, 0.5) is 28.0 Å². The van der Waals surface area contributed by atoms with Gasteiger partial charge in [-0.2, -0.15) is 13.2 Å². The highest BCUT2D eigenvalue weighted by Crippen LogP contribution is 2.32. The third-order valence-electron chi connectivity index (χ3n) is 2.23. The Balaban J connectivity index is 2.48. The molecule has 0 bridgehead atoms. The first kappa shape index (κ1) is 15.1. The van der Waals surface area contributed by atoms with Gasteiger partial charge in [-0.15, -0.1) is 0 Å². The summed E-state index contributed by atoms with van der Waals surface area (Å²) in [7, 11) is 0. The summed E-state index contributed by atoms with van der Waals surface area (Å²) in [5, 5.41) is 13.1. The zero-order valence-corrected chi connectivity index (χ0v) is 9.72. The molecule has 1 amide bonds. The average molecular weight is 280 g/mol. The van der Waals surface area contributed by atoms with Crippen LogP contribution in [0.15, 0.2) is 18.2 Å². The maximum atomic E-state index is 13.2. The predicted octanol–water partition coefficient (Wildman–Crippen LogP) is 2.91. The van der Waals surface area contributed by atoms with Crippen LogP contribution >= 0.6 is 0 Å². The summed E-state index contributed by atoms with van der Waals surface area (Å²) in [4.78, 5) is 10.1. The number of alkyl halides is 3. The highest BCUT2D eigenvalue weighted by molar-refractivity contribution is 5.64. The smallest absolute Gasteiger partial charge is 0.419 e. The quantitative estimate of drug-likeness (QED) is 0.574. The largest absolute Gasteiger partial charge is 0.465 e. The molecule has 0 aliphatic carbocycles. The van der Waals surface area contributed by atoms with Crippen LogP contribution in [0.1, 0.15) is 12.0 Å². The number of hydrogen-bond acceptors (Lipinski definition) is 2. The van der Waals surface area contributed by atoms with Crippen molar-refractivity contribution < 1.29 is 27.5 Å². The number of anilines is 1. The predicted molar refractivity (Wildman–Crippen MR) is 60.5 cm³/mol. The molecule has 1 rings (SSSR count). The molecule has 106 valence electrons. The first-order valence-electron chi connectivity index (χ1n) is 5.38. The molecule has 3 N–H and O–H groups in total. The third kappa shape index (κ3) is 5.02. The summed E-state index contributed by atoms with van der Waals surface area (Å²) in [6.07, 6.45) is -5.44. The van der Waals surface area contributed by atoms with Crippen LogP contribution in [0.2, 0.25) is 0 Å². The van der Waals surface area contributed by atoms with Gasteiger partial charge in [-0.1, -0.05) is 0 Å². The first-order chi connectivity index (χ1) is 8.80. The van der Waals surface area contributed by atoms with Crippen molar-refractivity contribution in [2.75, 3.05) is 18.4 Å². The van der Waals surface area contributed by atoms with Gasteiger partial charge in [0, 0.05) is 18.8 Å². The average Bonchev–Trinajstić information content (AvgIpc) is 2.26. The minimum Gasteiger partial charge on any atom is -0.465 e. The summed E-state index contributed by atoms with van der Waals surface area (Å²) >= 11 is 0. The van der Waals surface area contributed by atoms with Crippen LogP contribution in [0.3, 0.4) is 0 Å². The Kier molecular flexibility index (Phi) is 4.96. The lowest BCUT2D eigenvalue weighted by atomic mass is 10.2. The van der Waals surface area contributed by atoms with Gasteiger partial charge in [-0.05, 0) is 24.6 Å². The number of benzene rings is 1. The second-order valence-electron chi connectivity index (χ2n) is 3.70. The van der Waals surface area contributed by atoms with E-state index in [-0.39, 0.29) is 12.2 Å². The highest BCUT2D eigenvalue weighted by Gasteiger charge is 2.33. The Hall–Kier alpha value is -1.99. The molecule has 0 aromatic heterocycles. The van der Waals surface area contributed by atoms with Crippen LogP contribution in [0, 0.1) is 5.82 Å². The summed E-state index contributed by atoms with van der Waals surface area (Å²) in [6.45, 7) is 0.510. The molecule has 0 heterocycles.